The summed E-state index contributed by atoms with van der Waals surface area (Å²) in [6, 6.07) is 2.06. The molecule has 1 aromatic heterocycles. The van der Waals surface area contributed by atoms with Crippen molar-refractivity contribution in [1.29, 1.82) is 0 Å². The summed E-state index contributed by atoms with van der Waals surface area (Å²) in [5.74, 6) is 0. The number of rotatable bonds is 3. The third kappa shape index (κ3) is 1.47. The quantitative estimate of drug-likeness (QED) is 0.647. The Hall–Kier alpha value is -0.720. The highest BCUT2D eigenvalue weighted by Crippen LogP contribution is 2.30. The average molecular weight is 152 g/mol. The Bertz CT molecular complexity index is 195. The Kier molecular flexibility index (Phi) is 2.38. The van der Waals surface area contributed by atoms with Crippen molar-refractivity contribution in [3.05, 3.63) is 24.2 Å². The molecular weight excluding hydrogens is 136 g/mol. The van der Waals surface area contributed by atoms with Gasteiger partial charge in [0.05, 0.1) is 12.5 Å². The molecule has 1 aromatic rings. The Morgan fingerprint density at radius 2 is 2.00 bits per heavy atom. The van der Waals surface area contributed by atoms with Crippen LogP contribution in [0.2, 0.25) is 0 Å². The van der Waals surface area contributed by atoms with E-state index < -0.39 is 0 Å². The Labute approximate surface area is 68.4 Å². The van der Waals surface area contributed by atoms with E-state index in [9.17, 15) is 0 Å². The van der Waals surface area contributed by atoms with Crippen LogP contribution < -0.4 is 0 Å². The van der Waals surface area contributed by atoms with Crippen LogP contribution in [-0.2, 0) is 5.41 Å². The van der Waals surface area contributed by atoms with E-state index >= 15 is 0 Å². The van der Waals surface area contributed by atoms with Gasteiger partial charge < -0.3 is 4.42 Å². The van der Waals surface area contributed by atoms with Crippen LogP contribution >= 0.6 is 0 Å². The van der Waals surface area contributed by atoms with Gasteiger partial charge in [-0.15, -0.1) is 0 Å². The predicted octanol–water partition coefficient (Wildman–Crippen LogP) is 3.36. The summed E-state index contributed by atoms with van der Waals surface area (Å²) in [7, 11) is 0. The highest BCUT2D eigenvalue weighted by molar-refractivity contribution is 5.18. The van der Waals surface area contributed by atoms with Gasteiger partial charge in [-0.3, -0.25) is 0 Å². The first-order chi connectivity index (χ1) is 5.23. The molecule has 0 radical (unpaired) electrons. The fraction of sp³-hybridized carbons (Fsp3) is 0.600. The van der Waals surface area contributed by atoms with Crippen LogP contribution in [0.15, 0.2) is 23.0 Å². The minimum Gasteiger partial charge on any atom is -0.472 e. The molecule has 0 fully saturated rings. The van der Waals surface area contributed by atoms with Gasteiger partial charge in [0.15, 0.2) is 0 Å². The lowest BCUT2D eigenvalue weighted by molar-refractivity contribution is 0.431. The standard InChI is InChI=1S/C10H16O/c1-4-10(3,5-2)9-6-7-11-8-9/h6-8H,4-5H2,1-3H3. The Morgan fingerprint density at radius 1 is 1.36 bits per heavy atom. The zero-order valence-electron chi connectivity index (χ0n) is 7.55. The molecule has 1 heteroatoms. The van der Waals surface area contributed by atoms with Crippen molar-refractivity contribution in [3.8, 4) is 0 Å². The third-order valence-corrected chi connectivity index (χ3v) is 2.78. The average Bonchev–Trinajstić information content (AvgIpc) is 2.55. The molecule has 0 amide bonds. The molecule has 0 aliphatic heterocycles. The molecule has 1 rings (SSSR count). The van der Waals surface area contributed by atoms with Gasteiger partial charge in [-0.25, -0.2) is 0 Å². The highest BCUT2D eigenvalue weighted by atomic mass is 16.3. The maximum Gasteiger partial charge on any atom is 0.0940 e. The second-order valence-electron chi connectivity index (χ2n) is 3.28. The fourth-order valence-corrected chi connectivity index (χ4v) is 1.27. The third-order valence-electron chi connectivity index (χ3n) is 2.78. The number of hydrogen-bond donors (Lipinski definition) is 0. The van der Waals surface area contributed by atoms with E-state index in [1.807, 2.05) is 6.26 Å². The van der Waals surface area contributed by atoms with Crippen LogP contribution in [0.4, 0.5) is 0 Å². The molecule has 0 atom stereocenters. The van der Waals surface area contributed by atoms with Gasteiger partial charge in [-0.1, -0.05) is 20.8 Å². The lowest BCUT2D eigenvalue weighted by Crippen LogP contribution is -2.18. The summed E-state index contributed by atoms with van der Waals surface area (Å²) in [4.78, 5) is 0. The van der Waals surface area contributed by atoms with Crippen molar-refractivity contribution in [2.45, 2.75) is 39.0 Å². The fourth-order valence-electron chi connectivity index (χ4n) is 1.27. The van der Waals surface area contributed by atoms with Gasteiger partial charge in [0.25, 0.3) is 0 Å². The van der Waals surface area contributed by atoms with Crippen LogP contribution in [0.25, 0.3) is 0 Å². The van der Waals surface area contributed by atoms with E-state index in [0.29, 0.717) is 5.41 Å². The van der Waals surface area contributed by atoms with Gasteiger partial charge >= 0.3 is 0 Å². The minimum atomic E-state index is 0.312. The van der Waals surface area contributed by atoms with Gasteiger partial charge in [0, 0.05) is 0 Å². The van der Waals surface area contributed by atoms with E-state index in [2.05, 4.69) is 26.8 Å². The zero-order valence-corrected chi connectivity index (χ0v) is 7.55. The van der Waals surface area contributed by atoms with Crippen molar-refractivity contribution >= 4 is 0 Å². The second-order valence-corrected chi connectivity index (χ2v) is 3.28. The zero-order chi connectivity index (χ0) is 8.32. The van der Waals surface area contributed by atoms with Crippen LogP contribution in [0, 0.1) is 0 Å². The predicted molar refractivity (Wildman–Crippen MR) is 46.6 cm³/mol. The van der Waals surface area contributed by atoms with E-state index in [4.69, 9.17) is 4.42 Å². The van der Waals surface area contributed by atoms with Crippen molar-refractivity contribution in [2.24, 2.45) is 0 Å². The summed E-state index contributed by atoms with van der Waals surface area (Å²) in [6.45, 7) is 6.71. The number of furan rings is 1. The van der Waals surface area contributed by atoms with Crippen LogP contribution in [0.3, 0.4) is 0 Å². The molecule has 0 N–H and O–H groups in total. The van der Waals surface area contributed by atoms with E-state index in [1.54, 1.807) is 6.26 Å². The van der Waals surface area contributed by atoms with Crippen molar-refractivity contribution < 1.29 is 4.42 Å². The van der Waals surface area contributed by atoms with E-state index in [1.165, 1.54) is 18.4 Å². The molecule has 0 aliphatic carbocycles. The van der Waals surface area contributed by atoms with Crippen molar-refractivity contribution in [1.82, 2.24) is 0 Å². The smallest absolute Gasteiger partial charge is 0.0940 e. The van der Waals surface area contributed by atoms with Gasteiger partial charge in [0.2, 0.25) is 0 Å². The molecular formula is C10H16O. The van der Waals surface area contributed by atoms with Crippen molar-refractivity contribution in [3.63, 3.8) is 0 Å². The molecule has 0 aromatic carbocycles. The summed E-state index contributed by atoms with van der Waals surface area (Å²) >= 11 is 0. The summed E-state index contributed by atoms with van der Waals surface area (Å²) in [5, 5.41) is 0. The summed E-state index contributed by atoms with van der Waals surface area (Å²) in [5.41, 5.74) is 1.63. The highest BCUT2D eigenvalue weighted by Gasteiger charge is 2.22. The van der Waals surface area contributed by atoms with Gasteiger partial charge in [-0.05, 0) is 29.9 Å². The number of hydrogen-bond acceptors (Lipinski definition) is 1. The topological polar surface area (TPSA) is 13.1 Å². The van der Waals surface area contributed by atoms with Crippen LogP contribution in [0.5, 0.6) is 0 Å². The SMILES string of the molecule is CCC(C)(CC)c1ccoc1. The van der Waals surface area contributed by atoms with E-state index in [-0.39, 0.29) is 0 Å². The summed E-state index contributed by atoms with van der Waals surface area (Å²) < 4.78 is 5.06. The molecule has 0 bridgehead atoms. The normalized spacial score (nSPS) is 11.9. The maximum atomic E-state index is 5.06. The Balaban J connectivity index is 2.87. The van der Waals surface area contributed by atoms with Gasteiger partial charge in [0.1, 0.15) is 0 Å². The molecule has 0 saturated heterocycles. The molecule has 0 unspecified atom stereocenters. The monoisotopic (exact) mass is 152 g/mol. The molecule has 62 valence electrons. The van der Waals surface area contributed by atoms with Crippen LogP contribution in [-0.4, -0.2) is 0 Å². The summed E-state index contributed by atoms with van der Waals surface area (Å²) in [6.07, 6.45) is 5.94. The maximum absolute atomic E-state index is 5.06. The largest absolute Gasteiger partial charge is 0.472 e. The minimum absolute atomic E-state index is 0.312. The molecule has 0 saturated carbocycles. The second kappa shape index (κ2) is 3.12. The lowest BCUT2D eigenvalue weighted by atomic mass is 9.79. The van der Waals surface area contributed by atoms with Crippen molar-refractivity contribution in [2.75, 3.05) is 0 Å². The van der Waals surface area contributed by atoms with E-state index in [0.717, 1.165) is 0 Å². The molecule has 1 heterocycles. The molecule has 11 heavy (non-hydrogen) atoms. The molecule has 0 aliphatic rings. The molecule has 0 spiro atoms. The lowest BCUT2D eigenvalue weighted by Gasteiger charge is -2.24. The first kappa shape index (κ1) is 8.38. The first-order valence-corrected chi connectivity index (χ1v) is 4.25. The Morgan fingerprint density at radius 3 is 2.36 bits per heavy atom. The molecule has 1 nitrogen and oxygen atoms in total. The van der Waals surface area contributed by atoms with Crippen LogP contribution in [0.1, 0.15) is 39.2 Å². The first-order valence-electron chi connectivity index (χ1n) is 4.25. The van der Waals surface area contributed by atoms with Gasteiger partial charge in [-0.2, -0.15) is 0 Å².